The van der Waals surface area contributed by atoms with Gasteiger partial charge in [0.05, 0.1) is 5.92 Å². The Kier molecular flexibility index (Phi) is 5.89. The molecule has 1 unspecified atom stereocenters. The van der Waals surface area contributed by atoms with Gasteiger partial charge in [0, 0.05) is 11.1 Å². The number of carbonyl (C=O) groups excluding carboxylic acids is 1. The summed E-state index contributed by atoms with van der Waals surface area (Å²) in [7, 11) is 0. The fraction of sp³-hybridized carbons (Fsp3) is 0.412. The quantitative estimate of drug-likeness (QED) is 0.741. The molecule has 23 heavy (non-hydrogen) atoms. The fourth-order valence-electron chi connectivity index (χ4n) is 2.72. The molecule has 1 saturated carbocycles. The number of amides is 2. The Balaban J connectivity index is 1.85. The van der Waals surface area contributed by atoms with Crippen LogP contribution in [0.1, 0.15) is 37.3 Å². The summed E-state index contributed by atoms with van der Waals surface area (Å²) in [6.45, 7) is 0. The SMILES string of the molecule is C#CC(NC(=O)NC1CCC(C(=O)O)CC1)c1ccc(Cl)cc1. The fourth-order valence-corrected chi connectivity index (χ4v) is 2.85. The lowest BCUT2D eigenvalue weighted by Crippen LogP contribution is -2.45. The molecule has 2 amide bonds. The molecule has 6 heteroatoms. The second kappa shape index (κ2) is 7.89. The van der Waals surface area contributed by atoms with E-state index in [2.05, 4.69) is 16.6 Å². The van der Waals surface area contributed by atoms with Gasteiger partial charge in [-0.2, -0.15) is 0 Å². The van der Waals surface area contributed by atoms with Crippen molar-refractivity contribution in [1.29, 1.82) is 0 Å². The van der Waals surface area contributed by atoms with Crippen LogP contribution in [-0.4, -0.2) is 23.1 Å². The van der Waals surface area contributed by atoms with Crippen molar-refractivity contribution in [2.24, 2.45) is 5.92 Å². The molecule has 1 atom stereocenters. The van der Waals surface area contributed by atoms with Crippen LogP contribution in [0.15, 0.2) is 24.3 Å². The summed E-state index contributed by atoms with van der Waals surface area (Å²) in [5, 5.41) is 15.2. The Bertz CT molecular complexity index is 601. The number of nitrogens with one attached hydrogen (secondary N) is 2. The zero-order valence-electron chi connectivity index (χ0n) is 12.6. The molecule has 1 aliphatic rings. The number of hydrogen-bond donors (Lipinski definition) is 3. The molecule has 5 nitrogen and oxygen atoms in total. The third-order valence-electron chi connectivity index (χ3n) is 4.06. The predicted octanol–water partition coefficient (Wildman–Crippen LogP) is 2.96. The summed E-state index contributed by atoms with van der Waals surface area (Å²) in [6.07, 6.45) is 7.96. The molecule has 122 valence electrons. The van der Waals surface area contributed by atoms with Crippen molar-refractivity contribution in [2.45, 2.75) is 37.8 Å². The minimum absolute atomic E-state index is 0.0192. The number of hydrogen-bond acceptors (Lipinski definition) is 2. The molecule has 0 aliphatic heterocycles. The van der Waals surface area contributed by atoms with Crippen LogP contribution in [0, 0.1) is 18.3 Å². The van der Waals surface area contributed by atoms with Crippen molar-refractivity contribution in [3.63, 3.8) is 0 Å². The molecular formula is C17H19ClN2O3. The maximum Gasteiger partial charge on any atom is 0.316 e. The standard InChI is InChI=1S/C17H19ClN2O3/c1-2-15(11-3-7-13(18)8-4-11)20-17(23)19-14-9-5-12(6-10-14)16(21)22/h1,3-4,7-8,12,14-15H,5-6,9-10H2,(H,21,22)(H2,19,20,23). The number of urea groups is 1. The van der Waals surface area contributed by atoms with E-state index in [1.165, 1.54) is 0 Å². The smallest absolute Gasteiger partial charge is 0.316 e. The van der Waals surface area contributed by atoms with Gasteiger partial charge in [-0.3, -0.25) is 4.79 Å². The van der Waals surface area contributed by atoms with E-state index >= 15 is 0 Å². The van der Waals surface area contributed by atoms with Gasteiger partial charge in [0.15, 0.2) is 0 Å². The van der Waals surface area contributed by atoms with Gasteiger partial charge in [-0.05, 0) is 43.4 Å². The third-order valence-corrected chi connectivity index (χ3v) is 4.31. The van der Waals surface area contributed by atoms with Crippen LogP contribution in [0.3, 0.4) is 0 Å². The second-order valence-electron chi connectivity index (χ2n) is 5.66. The number of carbonyl (C=O) groups is 2. The minimum atomic E-state index is -0.761. The highest BCUT2D eigenvalue weighted by Gasteiger charge is 2.27. The maximum atomic E-state index is 12.1. The van der Waals surface area contributed by atoms with Gasteiger partial charge in [-0.1, -0.05) is 29.7 Å². The summed E-state index contributed by atoms with van der Waals surface area (Å²) in [5.74, 6) is 1.47. The van der Waals surface area contributed by atoms with Crippen molar-refractivity contribution in [3.05, 3.63) is 34.9 Å². The topological polar surface area (TPSA) is 78.4 Å². The van der Waals surface area contributed by atoms with Gasteiger partial charge in [-0.15, -0.1) is 6.42 Å². The molecule has 1 aromatic rings. The van der Waals surface area contributed by atoms with Gasteiger partial charge >= 0.3 is 12.0 Å². The number of carboxylic acid groups (broad SMARTS) is 1. The Morgan fingerprint density at radius 3 is 2.35 bits per heavy atom. The summed E-state index contributed by atoms with van der Waals surface area (Å²) in [6, 6.07) is 6.07. The molecule has 0 saturated heterocycles. The lowest BCUT2D eigenvalue weighted by atomic mass is 9.86. The normalized spacial score (nSPS) is 21.7. The molecule has 0 radical (unpaired) electrons. The zero-order chi connectivity index (χ0) is 16.8. The van der Waals surface area contributed by atoms with Crippen LogP contribution >= 0.6 is 11.6 Å². The van der Waals surface area contributed by atoms with Crippen LogP contribution in [0.25, 0.3) is 0 Å². The van der Waals surface area contributed by atoms with Gasteiger partial charge in [0.2, 0.25) is 0 Å². The number of carboxylic acids is 1. The van der Waals surface area contributed by atoms with Gasteiger partial charge in [0.25, 0.3) is 0 Å². The molecule has 3 N–H and O–H groups in total. The van der Waals surface area contributed by atoms with Gasteiger partial charge in [-0.25, -0.2) is 4.79 Å². The molecule has 0 bridgehead atoms. The first kappa shape index (κ1) is 17.2. The first-order valence-corrected chi connectivity index (χ1v) is 7.89. The monoisotopic (exact) mass is 334 g/mol. The molecule has 0 aromatic heterocycles. The summed E-state index contributed by atoms with van der Waals surface area (Å²) < 4.78 is 0. The van der Waals surface area contributed by atoms with Crippen LogP contribution in [0.4, 0.5) is 4.79 Å². The van der Waals surface area contributed by atoms with E-state index in [4.69, 9.17) is 23.1 Å². The second-order valence-corrected chi connectivity index (χ2v) is 6.09. The van der Waals surface area contributed by atoms with E-state index in [9.17, 15) is 9.59 Å². The Labute approximate surface area is 140 Å². The van der Waals surface area contributed by atoms with Crippen molar-refractivity contribution in [3.8, 4) is 12.3 Å². The van der Waals surface area contributed by atoms with Gasteiger partial charge in [0.1, 0.15) is 6.04 Å². The van der Waals surface area contributed by atoms with Crippen LogP contribution in [-0.2, 0) is 4.79 Å². The largest absolute Gasteiger partial charge is 0.481 e. The van der Waals surface area contributed by atoms with Crippen LogP contribution in [0.5, 0.6) is 0 Å². The Morgan fingerprint density at radius 2 is 1.83 bits per heavy atom. The average Bonchev–Trinajstić information content (AvgIpc) is 2.54. The first-order valence-electron chi connectivity index (χ1n) is 7.51. The zero-order valence-corrected chi connectivity index (χ0v) is 13.3. The van der Waals surface area contributed by atoms with Gasteiger partial charge < -0.3 is 15.7 Å². The lowest BCUT2D eigenvalue weighted by Gasteiger charge is -2.27. The number of rotatable bonds is 4. The van der Waals surface area contributed by atoms with E-state index in [1.807, 2.05) is 0 Å². The number of terminal acetylenes is 1. The first-order chi connectivity index (χ1) is 11.0. The molecule has 1 aromatic carbocycles. The van der Waals surface area contributed by atoms with E-state index in [0.29, 0.717) is 30.7 Å². The number of benzene rings is 1. The molecular weight excluding hydrogens is 316 g/mol. The predicted molar refractivity (Wildman–Crippen MR) is 88.1 cm³/mol. The maximum absolute atomic E-state index is 12.1. The molecule has 2 rings (SSSR count). The van der Waals surface area contributed by atoms with E-state index in [1.54, 1.807) is 24.3 Å². The summed E-state index contributed by atoms with van der Waals surface area (Å²) in [5.41, 5.74) is 0.779. The van der Waals surface area contributed by atoms with Crippen molar-refractivity contribution < 1.29 is 14.7 Å². The number of aliphatic carboxylic acids is 1. The molecule has 0 spiro atoms. The highest BCUT2D eigenvalue weighted by atomic mass is 35.5. The lowest BCUT2D eigenvalue weighted by molar-refractivity contribution is -0.142. The summed E-state index contributed by atoms with van der Waals surface area (Å²) >= 11 is 5.83. The summed E-state index contributed by atoms with van der Waals surface area (Å²) in [4.78, 5) is 23.0. The molecule has 0 heterocycles. The minimum Gasteiger partial charge on any atom is -0.481 e. The van der Waals surface area contributed by atoms with Crippen LogP contribution < -0.4 is 10.6 Å². The average molecular weight is 335 g/mol. The number of halogens is 1. The van der Waals surface area contributed by atoms with E-state index < -0.39 is 12.0 Å². The molecule has 1 fully saturated rings. The van der Waals surface area contributed by atoms with Crippen molar-refractivity contribution in [1.82, 2.24) is 10.6 Å². The highest BCUT2D eigenvalue weighted by Crippen LogP contribution is 2.24. The van der Waals surface area contributed by atoms with Crippen molar-refractivity contribution >= 4 is 23.6 Å². The third kappa shape index (κ3) is 4.90. The van der Waals surface area contributed by atoms with Crippen molar-refractivity contribution in [2.75, 3.05) is 0 Å². The Morgan fingerprint density at radius 1 is 1.22 bits per heavy atom. The van der Waals surface area contributed by atoms with Crippen LogP contribution in [0.2, 0.25) is 5.02 Å². The highest BCUT2D eigenvalue weighted by molar-refractivity contribution is 6.30. The van der Waals surface area contributed by atoms with E-state index in [0.717, 1.165) is 5.56 Å². The molecule has 1 aliphatic carbocycles. The van der Waals surface area contributed by atoms with E-state index in [-0.39, 0.29) is 18.0 Å². The Hall–Kier alpha value is -2.19.